The summed E-state index contributed by atoms with van der Waals surface area (Å²) in [6.07, 6.45) is 8.91. The summed E-state index contributed by atoms with van der Waals surface area (Å²) in [5.74, 6) is 0.987. The SMILES string of the molecule is C=CCCCCCN(C)C(=NC)NCC1(N(C)C)CCOCC1. The van der Waals surface area contributed by atoms with Gasteiger partial charge in [-0.1, -0.05) is 12.5 Å². The number of hydrogen-bond acceptors (Lipinski definition) is 3. The summed E-state index contributed by atoms with van der Waals surface area (Å²) in [6.45, 7) is 7.41. The minimum Gasteiger partial charge on any atom is -0.381 e. The summed E-state index contributed by atoms with van der Waals surface area (Å²) in [4.78, 5) is 9.01. The van der Waals surface area contributed by atoms with Gasteiger partial charge in [-0.3, -0.25) is 4.99 Å². The fraction of sp³-hybridized carbons (Fsp3) is 0.833. The maximum Gasteiger partial charge on any atom is 0.193 e. The van der Waals surface area contributed by atoms with Gasteiger partial charge in [-0.15, -0.1) is 6.58 Å². The standard InChI is InChI=1S/C18H36N4O/c1-6-7-8-9-10-13-22(5)17(19-2)20-16-18(21(3)4)11-14-23-15-12-18/h6H,1,7-16H2,2-5H3,(H,19,20). The summed E-state index contributed by atoms with van der Waals surface area (Å²) in [5, 5.41) is 3.58. The molecule has 5 heteroatoms. The third kappa shape index (κ3) is 6.51. The van der Waals surface area contributed by atoms with Crippen molar-refractivity contribution in [3.8, 4) is 0 Å². The summed E-state index contributed by atoms with van der Waals surface area (Å²) in [7, 11) is 8.32. The Labute approximate surface area is 142 Å². The van der Waals surface area contributed by atoms with Crippen molar-refractivity contribution in [2.45, 2.75) is 44.1 Å². The van der Waals surface area contributed by atoms with E-state index in [2.05, 4.69) is 47.8 Å². The van der Waals surface area contributed by atoms with E-state index in [0.29, 0.717) is 0 Å². The quantitative estimate of drug-likeness (QED) is 0.306. The second kappa shape index (κ2) is 10.7. The van der Waals surface area contributed by atoms with Crippen LogP contribution in [0.3, 0.4) is 0 Å². The molecule has 0 amide bonds. The Morgan fingerprint density at radius 1 is 1.22 bits per heavy atom. The Hall–Kier alpha value is -1.07. The highest BCUT2D eigenvalue weighted by Crippen LogP contribution is 2.25. The summed E-state index contributed by atoms with van der Waals surface area (Å²) in [5.41, 5.74) is 0.166. The Balaban J connectivity index is 2.43. The fourth-order valence-corrected chi connectivity index (χ4v) is 3.08. The molecule has 1 aliphatic rings. The van der Waals surface area contributed by atoms with Crippen molar-refractivity contribution >= 4 is 5.96 Å². The number of rotatable bonds is 9. The van der Waals surface area contributed by atoms with E-state index in [0.717, 1.165) is 51.5 Å². The maximum absolute atomic E-state index is 5.54. The van der Waals surface area contributed by atoms with Gasteiger partial charge < -0.3 is 19.9 Å². The van der Waals surface area contributed by atoms with Crippen LogP contribution in [0, 0.1) is 0 Å². The fourth-order valence-electron chi connectivity index (χ4n) is 3.08. The zero-order valence-electron chi connectivity index (χ0n) is 15.6. The molecule has 1 rings (SSSR count). The molecular formula is C18H36N4O. The molecule has 1 N–H and O–H groups in total. The molecule has 1 aliphatic heterocycles. The molecule has 1 heterocycles. The zero-order valence-corrected chi connectivity index (χ0v) is 15.6. The molecule has 134 valence electrons. The summed E-state index contributed by atoms with van der Waals surface area (Å²) in [6, 6.07) is 0. The number of guanidine groups is 1. The van der Waals surface area contributed by atoms with Gasteiger partial charge in [-0.05, 0) is 46.2 Å². The molecule has 0 spiro atoms. The van der Waals surface area contributed by atoms with Crippen molar-refractivity contribution in [1.82, 2.24) is 15.1 Å². The number of aliphatic imine (C=N–C) groups is 1. The van der Waals surface area contributed by atoms with Crippen molar-refractivity contribution < 1.29 is 4.74 Å². The van der Waals surface area contributed by atoms with Gasteiger partial charge in [0.1, 0.15) is 0 Å². The van der Waals surface area contributed by atoms with E-state index in [-0.39, 0.29) is 5.54 Å². The first-order chi connectivity index (χ1) is 11.1. The lowest BCUT2D eigenvalue weighted by atomic mass is 9.88. The van der Waals surface area contributed by atoms with E-state index >= 15 is 0 Å². The lowest BCUT2D eigenvalue weighted by Gasteiger charge is -2.43. The van der Waals surface area contributed by atoms with Crippen LogP contribution in [0.5, 0.6) is 0 Å². The number of allylic oxidation sites excluding steroid dienone is 1. The first kappa shape index (κ1) is 20.0. The first-order valence-electron chi connectivity index (χ1n) is 8.83. The zero-order chi connectivity index (χ0) is 17.1. The third-order valence-electron chi connectivity index (χ3n) is 4.92. The number of likely N-dealkylation sites (N-methyl/N-ethyl adjacent to an activating group) is 1. The number of unbranched alkanes of at least 4 members (excludes halogenated alkanes) is 3. The minimum absolute atomic E-state index is 0.166. The van der Waals surface area contributed by atoms with Crippen LogP contribution in [0.2, 0.25) is 0 Å². The molecular weight excluding hydrogens is 288 g/mol. The van der Waals surface area contributed by atoms with E-state index in [1.165, 1.54) is 19.3 Å². The van der Waals surface area contributed by atoms with Gasteiger partial charge in [0.15, 0.2) is 5.96 Å². The number of ether oxygens (including phenoxy) is 1. The average Bonchev–Trinajstić information content (AvgIpc) is 2.56. The van der Waals surface area contributed by atoms with Gasteiger partial charge in [0, 0.05) is 45.9 Å². The van der Waals surface area contributed by atoms with Gasteiger partial charge in [-0.25, -0.2) is 0 Å². The van der Waals surface area contributed by atoms with Crippen molar-refractivity contribution in [3.63, 3.8) is 0 Å². The second-order valence-corrected chi connectivity index (χ2v) is 6.69. The second-order valence-electron chi connectivity index (χ2n) is 6.69. The molecule has 1 fully saturated rings. The molecule has 0 aromatic carbocycles. The molecule has 0 aliphatic carbocycles. The Kier molecular flexibility index (Phi) is 9.26. The summed E-state index contributed by atoms with van der Waals surface area (Å²) < 4.78 is 5.54. The van der Waals surface area contributed by atoms with Crippen LogP contribution >= 0.6 is 0 Å². The molecule has 23 heavy (non-hydrogen) atoms. The normalized spacial score (nSPS) is 18.0. The van der Waals surface area contributed by atoms with Crippen LogP contribution in [0.4, 0.5) is 0 Å². The van der Waals surface area contributed by atoms with Gasteiger partial charge >= 0.3 is 0 Å². The minimum atomic E-state index is 0.166. The van der Waals surface area contributed by atoms with Crippen molar-refractivity contribution in [3.05, 3.63) is 12.7 Å². The van der Waals surface area contributed by atoms with Gasteiger partial charge in [0.2, 0.25) is 0 Å². The highest BCUT2D eigenvalue weighted by atomic mass is 16.5. The monoisotopic (exact) mass is 324 g/mol. The molecule has 0 aromatic heterocycles. The summed E-state index contributed by atoms with van der Waals surface area (Å²) >= 11 is 0. The van der Waals surface area contributed by atoms with Gasteiger partial charge in [-0.2, -0.15) is 0 Å². The van der Waals surface area contributed by atoms with Crippen LogP contribution < -0.4 is 5.32 Å². The molecule has 0 radical (unpaired) electrons. The highest BCUT2D eigenvalue weighted by Gasteiger charge is 2.35. The molecule has 5 nitrogen and oxygen atoms in total. The van der Waals surface area contributed by atoms with E-state index in [9.17, 15) is 0 Å². The van der Waals surface area contributed by atoms with E-state index in [4.69, 9.17) is 4.74 Å². The lowest BCUT2D eigenvalue weighted by Crippen LogP contribution is -2.57. The van der Waals surface area contributed by atoms with Crippen molar-refractivity contribution in [1.29, 1.82) is 0 Å². The lowest BCUT2D eigenvalue weighted by molar-refractivity contribution is -0.00521. The molecule has 0 aromatic rings. The van der Waals surface area contributed by atoms with Crippen molar-refractivity contribution in [2.75, 3.05) is 54.5 Å². The predicted octanol–water partition coefficient (Wildman–Crippen LogP) is 2.35. The Morgan fingerprint density at radius 2 is 1.91 bits per heavy atom. The highest BCUT2D eigenvalue weighted by molar-refractivity contribution is 5.79. The maximum atomic E-state index is 5.54. The van der Waals surface area contributed by atoms with Crippen LogP contribution in [-0.2, 0) is 4.74 Å². The van der Waals surface area contributed by atoms with Crippen LogP contribution in [0.15, 0.2) is 17.6 Å². The van der Waals surface area contributed by atoms with E-state index < -0.39 is 0 Å². The average molecular weight is 325 g/mol. The largest absolute Gasteiger partial charge is 0.381 e. The number of nitrogens with one attached hydrogen (secondary N) is 1. The molecule has 0 saturated carbocycles. The number of hydrogen-bond donors (Lipinski definition) is 1. The Morgan fingerprint density at radius 3 is 2.48 bits per heavy atom. The molecule has 1 saturated heterocycles. The van der Waals surface area contributed by atoms with Crippen molar-refractivity contribution in [2.24, 2.45) is 4.99 Å². The van der Waals surface area contributed by atoms with Gasteiger partial charge in [0.05, 0.1) is 0 Å². The molecule has 0 bridgehead atoms. The van der Waals surface area contributed by atoms with Crippen LogP contribution in [0.25, 0.3) is 0 Å². The van der Waals surface area contributed by atoms with E-state index in [1.807, 2.05) is 13.1 Å². The van der Waals surface area contributed by atoms with E-state index in [1.54, 1.807) is 0 Å². The molecule has 0 atom stereocenters. The Bertz CT molecular complexity index is 362. The topological polar surface area (TPSA) is 40.1 Å². The van der Waals surface area contributed by atoms with Gasteiger partial charge in [0.25, 0.3) is 0 Å². The van der Waals surface area contributed by atoms with Crippen LogP contribution in [0.1, 0.15) is 38.5 Å². The first-order valence-corrected chi connectivity index (χ1v) is 8.83. The third-order valence-corrected chi connectivity index (χ3v) is 4.92. The molecule has 0 unspecified atom stereocenters. The smallest absolute Gasteiger partial charge is 0.193 e. The predicted molar refractivity (Wildman–Crippen MR) is 99.1 cm³/mol. The number of nitrogens with zero attached hydrogens (tertiary/aromatic N) is 3. The van der Waals surface area contributed by atoms with Crippen LogP contribution in [-0.4, -0.2) is 75.8 Å².